The van der Waals surface area contributed by atoms with Crippen molar-refractivity contribution in [3.05, 3.63) is 59.8 Å². The molecular weight excluding hydrogens is 321 g/mol. The minimum Gasteiger partial charge on any atom is -0.505 e. The summed E-state index contributed by atoms with van der Waals surface area (Å²) >= 11 is 0. The van der Waals surface area contributed by atoms with Gasteiger partial charge in [-0.05, 0) is 36.8 Å². The summed E-state index contributed by atoms with van der Waals surface area (Å²) in [6.07, 6.45) is 2.43. The lowest BCUT2D eigenvalue weighted by atomic mass is 10.1. The average molecular weight is 337 g/mol. The molecule has 2 N–H and O–H groups in total. The molecule has 25 heavy (non-hydrogen) atoms. The fraction of sp³-hybridized carbons (Fsp3) is 0.158. The van der Waals surface area contributed by atoms with Gasteiger partial charge in [-0.15, -0.1) is 0 Å². The first-order valence-corrected chi connectivity index (χ1v) is 7.78. The number of nitrogens with two attached hydrogens (primary N) is 1. The second-order valence-electron chi connectivity index (χ2n) is 5.39. The van der Waals surface area contributed by atoms with E-state index in [2.05, 4.69) is 9.83 Å². The van der Waals surface area contributed by atoms with Crippen molar-refractivity contribution in [1.82, 2.24) is 4.98 Å². The summed E-state index contributed by atoms with van der Waals surface area (Å²) in [5.74, 6) is 0.733. The van der Waals surface area contributed by atoms with Gasteiger partial charge in [0.25, 0.3) is 0 Å². The third-order valence-electron chi connectivity index (χ3n) is 3.56. The molecule has 0 saturated carbocycles. The van der Waals surface area contributed by atoms with E-state index in [1.165, 1.54) is 12.1 Å². The fourth-order valence-electron chi connectivity index (χ4n) is 2.34. The van der Waals surface area contributed by atoms with Crippen molar-refractivity contribution >= 4 is 22.3 Å². The highest BCUT2D eigenvalue weighted by Gasteiger charge is 2.12. The lowest BCUT2D eigenvalue weighted by Crippen LogP contribution is -1.96. The highest BCUT2D eigenvalue weighted by atomic mass is 19.1. The molecule has 0 atom stereocenters. The van der Waals surface area contributed by atoms with Crippen LogP contribution in [0.25, 0.3) is 15.7 Å². The Morgan fingerprint density at radius 1 is 1.20 bits per heavy atom. The minimum atomic E-state index is -0.548. The van der Waals surface area contributed by atoms with E-state index in [0.717, 1.165) is 6.42 Å². The lowest BCUT2D eigenvalue weighted by Gasteiger charge is -2.12. The number of fused-ring (bicyclic) bond motifs is 1. The smallest absolute Gasteiger partial charge is 0.229 e. The Kier molecular flexibility index (Phi) is 4.66. The van der Waals surface area contributed by atoms with Crippen LogP contribution >= 0.6 is 0 Å². The van der Waals surface area contributed by atoms with Gasteiger partial charge in [-0.2, -0.15) is 0 Å². The van der Waals surface area contributed by atoms with Crippen molar-refractivity contribution < 1.29 is 13.9 Å². The summed E-state index contributed by atoms with van der Waals surface area (Å²) in [4.78, 5) is 7.81. The average Bonchev–Trinajstić information content (AvgIpc) is 2.62. The summed E-state index contributed by atoms with van der Waals surface area (Å²) < 4.78 is 25.0. The zero-order valence-electron chi connectivity index (χ0n) is 13.6. The molecule has 5 nitrogen and oxygen atoms in total. The second-order valence-corrected chi connectivity index (χ2v) is 5.39. The molecule has 2 aromatic carbocycles. The van der Waals surface area contributed by atoms with Crippen molar-refractivity contribution in [2.75, 3.05) is 12.3 Å². The Hall–Kier alpha value is -3.33. The number of hydrogen-bond acceptors (Lipinski definition) is 4. The quantitative estimate of drug-likeness (QED) is 0.520. The van der Waals surface area contributed by atoms with Gasteiger partial charge in [-0.1, -0.05) is 6.92 Å². The van der Waals surface area contributed by atoms with E-state index in [0.29, 0.717) is 40.4 Å². The van der Waals surface area contributed by atoms with E-state index in [9.17, 15) is 4.39 Å². The molecule has 0 bridgehead atoms. The van der Waals surface area contributed by atoms with Gasteiger partial charge in [0.1, 0.15) is 23.1 Å². The number of nitrogen functional groups attached to an aromatic ring is 1. The molecular formula is C19H16FN3O2. The highest BCUT2D eigenvalue weighted by Crippen LogP contribution is 2.37. The summed E-state index contributed by atoms with van der Waals surface area (Å²) in [6.45, 7) is 9.88. The van der Waals surface area contributed by atoms with E-state index in [4.69, 9.17) is 21.8 Å². The molecule has 0 amide bonds. The van der Waals surface area contributed by atoms with Crippen molar-refractivity contribution in [1.29, 1.82) is 0 Å². The van der Waals surface area contributed by atoms with Crippen LogP contribution in [0.15, 0.2) is 42.6 Å². The molecule has 0 aliphatic rings. The Morgan fingerprint density at radius 2 is 2.04 bits per heavy atom. The van der Waals surface area contributed by atoms with E-state index >= 15 is 0 Å². The van der Waals surface area contributed by atoms with E-state index in [1.807, 2.05) is 6.92 Å². The Morgan fingerprint density at radius 3 is 2.76 bits per heavy atom. The standard InChI is InChI=1S/C19H16FN3O2/c1-3-8-24-19-11-16-13(10-17(19)22-2)18(6-7-23-16)25-12-4-5-15(21)14(20)9-12/h4-7,9-11H,3,8,21H2,1H3. The van der Waals surface area contributed by atoms with Gasteiger partial charge in [-0.3, -0.25) is 4.98 Å². The van der Waals surface area contributed by atoms with Gasteiger partial charge in [-0.25, -0.2) is 9.24 Å². The predicted octanol–water partition coefficient (Wildman–Crippen LogP) is 5.09. The number of pyridine rings is 1. The highest BCUT2D eigenvalue weighted by molar-refractivity contribution is 5.91. The van der Waals surface area contributed by atoms with Crippen molar-refractivity contribution in [2.24, 2.45) is 0 Å². The summed E-state index contributed by atoms with van der Waals surface area (Å²) in [6, 6.07) is 9.29. The van der Waals surface area contributed by atoms with Gasteiger partial charge in [0, 0.05) is 17.6 Å². The number of rotatable bonds is 5. The zero-order valence-corrected chi connectivity index (χ0v) is 13.6. The second kappa shape index (κ2) is 7.05. The maximum Gasteiger partial charge on any atom is 0.229 e. The van der Waals surface area contributed by atoms with Gasteiger partial charge in [0.2, 0.25) is 5.69 Å². The maximum atomic E-state index is 13.6. The number of hydrogen-bond donors (Lipinski definition) is 1. The molecule has 0 unspecified atom stereocenters. The third kappa shape index (κ3) is 3.45. The topological polar surface area (TPSA) is 61.7 Å². The molecule has 0 aliphatic carbocycles. The third-order valence-corrected chi connectivity index (χ3v) is 3.56. The minimum absolute atomic E-state index is 0.0555. The summed E-state index contributed by atoms with van der Waals surface area (Å²) in [5, 5.41) is 0.648. The number of ether oxygens (including phenoxy) is 2. The first-order valence-electron chi connectivity index (χ1n) is 7.78. The molecule has 0 saturated heterocycles. The van der Waals surface area contributed by atoms with Crippen LogP contribution in [0.3, 0.4) is 0 Å². The zero-order chi connectivity index (χ0) is 17.8. The van der Waals surface area contributed by atoms with Crippen LogP contribution in [0.4, 0.5) is 15.8 Å². The van der Waals surface area contributed by atoms with Crippen molar-refractivity contribution in [2.45, 2.75) is 13.3 Å². The predicted molar refractivity (Wildman–Crippen MR) is 94.7 cm³/mol. The Bertz CT molecular complexity index is 967. The van der Waals surface area contributed by atoms with Crippen LogP contribution in [-0.2, 0) is 0 Å². The van der Waals surface area contributed by atoms with E-state index in [-0.39, 0.29) is 5.69 Å². The van der Waals surface area contributed by atoms with Crippen LogP contribution in [-0.4, -0.2) is 11.6 Å². The molecule has 3 aromatic rings. The number of halogens is 1. The first kappa shape index (κ1) is 16.5. The van der Waals surface area contributed by atoms with Gasteiger partial charge in [0.15, 0.2) is 0 Å². The summed E-state index contributed by atoms with van der Waals surface area (Å²) in [7, 11) is 0. The number of benzene rings is 2. The van der Waals surface area contributed by atoms with Crippen molar-refractivity contribution in [3.63, 3.8) is 0 Å². The number of anilines is 1. The lowest BCUT2D eigenvalue weighted by molar-refractivity contribution is 0.320. The molecule has 0 radical (unpaired) electrons. The van der Waals surface area contributed by atoms with Crippen LogP contribution in [0, 0.1) is 12.4 Å². The van der Waals surface area contributed by atoms with Crippen LogP contribution in [0.5, 0.6) is 17.2 Å². The first-order chi connectivity index (χ1) is 12.1. The molecule has 0 spiro atoms. The van der Waals surface area contributed by atoms with Crippen molar-refractivity contribution in [3.8, 4) is 17.2 Å². The molecule has 126 valence electrons. The van der Waals surface area contributed by atoms with Gasteiger partial charge >= 0.3 is 0 Å². The van der Waals surface area contributed by atoms with Crippen LogP contribution in [0.2, 0.25) is 0 Å². The van der Waals surface area contributed by atoms with E-state index in [1.54, 1.807) is 30.5 Å². The van der Waals surface area contributed by atoms with E-state index < -0.39 is 5.82 Å². The van der Waals surface area contributed by atoms with Gasteiger partial charge in [0.05, 0.1) is 24.4 Å². The van der Waals surface area contributed by atoms with Crippen LogP contribution in [0.1, 0.15) is 13.3 Å². The number of nitrogens with zero attached hydrogens (tertiary/aromatic N) is 2. The molecule has 1 heterocycles. The number of aromatic nitrogens is 1. The molecule has 0 fully saturated rings. The normalized spacial score (nSPS) is 10.4. The maximum absolute atomic E-state index is 13.6. The Labute approximate surface area is 144 Å². The summed E-state index contributed by atoms with van der Waals surface area (Å²) in [5.41, 5.74) is 6.54. The molecule has 0 aliphatic heterocycles. The Balaban J connectivity index is 2.04. The monoisotopic (exact) mass is 337 g/mol. The SMILES string of the molecule is [C-]#[N+]c1cc2c(Oc3ccc(N)c(F)c3)ccnc2cc1OCCC. The molecule has 6 heteroatoms. The molecule has 1 aromatic heterocycles. The van der Waals surface area contributed by atoms with Gasteiger partial charge < -0.3 is 15.2 Å². The molecule has 3 rings (SSSR count). The fourth-order valence-corrected chi connectivity index (χ4v) is 2.34. The largest absolute Gasteiger partial charge is 0.505 e. The van der Waals surface area contributed by atoms with Crippen LogP contribution < -0.4 is 15.2 Å².